The fourth-order valence-electron chi connectivity index (χ4n) is 2.85. The summed E-state index contributed by atoms with van der Waals surface area (Å²) in [7, 11) is 0. The molecule has 0 spiro atoms. The third-order valence-electron chi connectivity index (χ3n) is 4.04. The summed E-state index contributed by atoms with van der Waals surface area (Å²) in [5.74, 6) is 0.849. The Morgan fingerprint density at radius 3 is 2.76 bits per heavy atom. The van der Waals surface area contributed by atoms with Crippen molar-refractivity contribution in [1.29, 1.82) is 0 Å². The van der Waals surface area contributed by atoms with Gasteiger partial charge in [-0.15, -0.1) is 0 Å². The van der Waals surface area contributed by atoms with Gasteiger partial charge >= 0.3 is 0 Å². The van der Waals surface area contributed by atoms with E-state index in [9.17, 15) is 4.39 Å². The maximum absolute atomic E-state index is 14.7. The summed E-state index contributed by atoms with van der Waals surface area (Å²) in [5, 5.41) is 0. The van der Waals surface area contributed by atoms with Gasteiger partial charge in [0.1, 0.15) is 17.2 Å². The number of nitrogens with zero attached hydrogens (tertiary/aromatic N) is 2. The summed E-state index contributed by atoms with van der Waals surface area (Å²) in [6, 6.07) is 5.53. The molecule has 0 amide bonds. The minimum atomic E-state index is -0.428. The molecule has 0 fully saturated rings. The highest BCUT2D eigenvalue weighted by Crippen LogP contribution is 2.33. The van der Waals surface area contributed by atoms with Crippen LogP contribution in [0.3, 0.4) is 0 Å². The molecule has 3 rings (SSSR count). The van der Waals surface area contributed by atoms with Crippen molar-refractivity contribution in [2.24, 2.45) is 0 Å². The van der Waals surface area contributed by atoms with Crippen molar-refractivity contribution in [3.05, 3.63) is 41.6 Å². The van der Waals surface area contributed by atoms with Crippen LogP contribution in [0.1, 0.15) is 45.0 Å². The monoisotopic (exact) mass is 288 g/mol. The number of benzene rings is 1. The lowest BCUT2D eigenvalue weighted by atomic mass is 9.99. The second kappa shape index (κ2) is 4.95. The van der Waals surface area contributed by atoms with Crippen LogP contribution in [0.4, 0.5) is 4.39 Å². The van der Waals surface area contributed by atoms with E-state index in [-0.39, 0.29) is 11.7 Å². The number of rotatable bonds is 2. The first kappa shape index (κ1) is 14.3. The van der Waals surface area contributed by atoms with E-state index >= 15 is 0 Å². The van der Waals surface area contributed by atoms with Gasteiger partial charge in [-0.1, -0.05) is 26.0 Å². The summed E-state index contributed by atoms with van der Waals surface area (Å²) < 4.78 is 22.5. The van der Waals surface area contributed by atoms with Gasteiger partial charge in [0, 0.05) is 18.3 Å². The summed E-state index contributed by atoms with van der Waals surface area (Å²) in [5.41, 5.74) is 1.55. The quantitative estimate of drug-likeness (QED) is 0.832. The molecule has 112 valence electrons. The molecule has 0 N–H and O–H groups in total. The lowest BCUT2D eigenvalue weighted by Gasteiger charge is -2.30. The summed E-state index contributed by atoms with van der Waals surface area (Å²) in [6.07, 6.45) is 1.93. The van der Waals surface area contributed by atoms with E-state index in [1.807, 2.05) is 46.0 Å². The molecule has 2 heterocycles. The maximum Gasteiger partial charge on any atom is 0.141 e. The molecule has 4 heteroatoms. The average Bonchev–Trinajstić information content (AvgIpc) is 2.83. The largest absolute Gasteiger partial charge is 0.366 e. The van der Waals surface area contributed by atoms with Crippen molar-refractivity contribution in [1.82, 2.24) is 9.55 Å². The third-order valence-corrected chi connectivity index (χ3v) is 4.04. The Balaban J connectivity index is 2.11. The minimum Gasteiger partial charge on any atom is -0.366 e. The number of hydrogen-bond acceptors (Lipinski definition) is 2. The highest BCUT2D eigenvalue weighted by molar-refractivity contribution is 5.61. The Hall–Kier alpha value is -1.68. The second-order valence-corrected chi connectivity index (χ2v) is 6.37. The summed E-state index contributed by atoms with van der Waals surface area (Å²) in [6.45, 7) is 9.40. The Kier molecular flexibility index (Phi) is 3.36. The van der Waals surface area contributed by atoms with Gasteiger partial charge in [-0.05, 0) is 31.4 Å². The van der Waals surface area contributed by atoms with E-state index in [0.29, 0.717) is 17.9 Å². The molecule has 2 aromatic rings. The average molecular weight is 288 g/mol. The van der Waals surface area contributed by atoms with Crippen molar-refractivity contribution in [3.63, 3.8) is 0 Å². The van der Waals surface area contributed by atoms with Crippen LogP contribution in [0, 0.1) is 5.82 Å². The Bertz CT molecular complexity index is 673. The van der Waals surface area contributed by atoms with Crippen LogP contribution >= 0.6 is 0 Å². The first-order valence-corrected chi connectivity index (χ1v) is 7.40. The third kappa shape index (κ3) is 2.38. The van der Waals surface area contributed by atoms with E-state index in [1.165, 1.54) is 0 Å². The van der Waals surface area contributed by atoms with E-state index < -0.39 is 5.60 Å². The SMILES string of the molecule is CC(C)c1cccc(-c2cn3c(n2)C(C)(C)OCC3)c1F. The van der Waals surface area contributed by atoms with Crippen LogP contribution in [0.15, 0.2) is 24.4 Å². The molecule has 0 unspecified atom stereocenters. The van der Waals surface area contributed by atoms with Crippen molar-refractivity contribution >= 4 is 0 Å². The molecule has 0 saturated carbocycles. The second-order valence-electron chi connectivity index (χ2n) is 6.37. The molecule has 0 aliphatic carbocycles. The van der Waals surface area contributed by atoms with Crippen molar-refractivity contribution < 1.29 is 9.13 Å². The predicted octanol–water partition coefficient (Wildman–Crippen LogP) is 4.08. The predicted molar refractivity (Wildman–Crippen MR) is 80.7 cm³/mol. The number of ether oxygens (including phenoxy) is 1. The number of imidazole rings is 1. The van der Waals surface area contributed by atoms with Gasteiger partial charge in [-0.3, -0.25) is 0 Å². The topological polar surface area (TPSA) is 27.1 Å². The van der Waals surface area contributed by atoms with Crippen LogP contribution in [-0.2, 0) is 16.9 Å². The van der Waals surface area contributed by atoms with E-state index in [4.69, 9.17) is 4.74 Å². The summed E-state index contributed by atoms with van der Waals surface area (Å²) in [4.78, 5) is 4.63. The van der Waals surface area contributed by atoms with Crippen molar-refractivity contribution in [2.75, 3.05) is 6.61 Å². The van der Waals surface area contributed by atoms with Gasteiger partial charge in [0.15, 0.2) is 0 Å². The Labute approximate surface area is 124 Å². The molecule has 21 heavy (non-hydrogen) atoms. The van der Waals surface area contributed by atoms with Gasteiger partial charge in [-0.25, -0.2) is 9.37 Å². The van der Waals surface area contributed by atoms with Crippen LogP contribution in [0.25, 0.3) is 11.3 Å². The number of aromatic nitrogens is 2. The molecule has 3 nitrogen and oxygen atoms in total. The molecule has 0 bridgehead atoms. The highest BCUT2D eigenvalue weighted by Gasteiger charge is 2.31. The zero-order valence-corrected chi connectivity index (χ0v) is 13.0. The van der Waals surface area contributed by atoms with Crippen LogP contribution in [0.2, 0.25) is 0 Å². The molecule has 0 atom stereocenters. The molecule has 1 aliphatic rings. The molecule has 1 aromatic heterocycles. The molecular weight excluding hydrogens is 267 g/mol. The number of fused-ring (bicyclic) bond motifs is 1. The van der Waals surface area contributed by atoms with Crippen molar-refractivity contribution in [3.8, 4) is 11.3 Å². The highest BCUT2D eigenvalue weighted by atomic mass is 19.1. The lowest BCUT2D eigenvalue weighted by Crippen LogP contribution is -2.33. The van der Waals surface area contributed by atoms with E-state index in [1.54, 1.807) is 6.07 Å². The van der Waals surface area contributed by atoms with Gasteiger partial charge in [0.2, 0.25) is 0 Å². The number of hydrogen-bond donors (Lipinski definition) is 0. The van der Waals surface area contributed by atoms with E-state index in [0.717, 1.165) is 17.9 Å². The smallest absolute Gasteiger partial charge is 0.141 e. The maximum atomic E-state index is 14.7. The summed E-state index contributed by atoms with van der Waals surface area (Å²) >= 11 is 0. The van der Waals surface area contributed by atoms with Crippen LogP contribution in [0.5, 0.6) is 0 Å². The first-order valence-electron chi connectivity index (χ1n) is 7.40. The standard InChI is InChI=1S/C17H21FN2O/c1-11(2)12-6-5-7-13(15(12)18)14-10-20-8-9-21-17(3,4)16(20)19-14/h5-7,10-11H,8-9H2,1-4H3. The Morgan fingerprint density at radius 1 is 1.33 bits per heavy atom. The molecule has 1 aliphatic heterocycles. The fourth-order valence-corrected chi connectivity index (χ4v) is 2.85. The molecule has 0 saturated heterocycles. The Morgan fingerprint density at radius 2 is 2.10 bits per heavy atom. The van der Waals surface area contributed by atoms with Crippen molar-refractivity contribution in [2.45, 2.75) is 45.8 Å². The number of halogens is 1. The molecule has 1 aromatic carbocycles. The van der Waals surface area contributed by atoms with E-state index in [2.05, 4.69) is 9.55 Å². The van der Waals surface area contributed by atoms with Gasteiger partial charge < -0.3 is 9.30 Å². The van der Waals surface area contributed by atoms with Crippen LogP contribution in [-0.4, -0.2) is 16.2 Å². The van der Waals surface area contributed by atoms with Crippen LogP contribution < -0.4 is 0 Å². The fraction of sp³-hybridized carbons (Fsp3) is 0.471. The van der Waals surface area contributed by atoms with Gasteiger partial charge in [0.05, 0.1) is 12.3 Å². The zero-order valence-electron chi connectivity index (χ0n) is 13.0. The molecule has 0 radical (unpaired) electrons. The first-order chi connectivity index (χ1) is 9.90. The van der Waals surface area contributed by atoms with Gasteiger partial charge in [0.25, 0.3) is 0 Å². The zero-order chi connectivity index (χ0) is 15.2. The minimum absolute atomic E-state index is 0.155. The normalized spacial score (nSPS) is 17.0. The lowest BCUT2D eigenvalue weighted by molar-refractivity contribution is -0.0538. The molecular formula is C17H21FN2O. The van der Waals surface area contributed by atoms with Gasteiger partial charge in [-0.2, -0.15) is 0 Å².